The number of hydrogen-bond acceptors (Lipinski definition) is 6. The molecule has 116 valence electrons. The van der Waals surface area contributed by atoms with Crippen molar-refractivity contribution in [2.75, 3.05) is 25.6 Å². The molecule has 0 atom stereocenters. The van der Waals surface area contributed by atoms with Crippen molar-refractivity contribution in [2.24, 2.45) is 5.41 Å². The maximum absolute atomic E-state index is 12.2. The van der Waals surface area contributed by atoms with Crippen molar-refractivity contribution in [3.63, 3.8) is 0 Å². The predicted octanol–water partition coefficient (Wildman–Crippen LogP) is 1.42. The lowest BCUT2D eigenvalue weighted by atomic mass is 9.73. The highest BCUT2D eigenvalue weighted by Crippen LogP contribution is 2.46. The number of esters is 1. The number of hydrogen-bond donors (Lipinski definition) is 0. The third-order valence-electron chi connectivity index (χ3n) is 3.94. The van der Waals surface area contributed by atoms with Gasteiger partial charge in [0, 0.05) is 23.5 Å². The molecule has 0 N–H and O–H groups in total. The van der Waals surface area contributed by atoms with Gasteiger partial charge in [0.2, 0.25) is 9.05 Å². The summed E-state index contributed by atoms with van der Waals surface area (Å²) >= 11 is 0. The largest absolute Gasteiger partial charge is 0.466 e. The molecule has 0 aromatic heterocycles. The van der Waals surface area contributed by atoms with Crippen molar-refractivity contribution in [1.29, 1.82) is 0 Å². The third kappa shape index (κ3) is 3.44. The molecule has 0 unspecified atom stereocenters. The third-order valence-corrected chi connectivity index (χ3v) is 5.16. The van der Waals surface area contributed by atoms with E-state index in [1.54, 1.807) is 6.92 Å². The van der Waals surface area contributed by atoms with Gasteiger partial charge in [-0.05, 0) is 19.8 Å². The first-order valence-corrected chi connectivity index (χ1v) is 9.16. The lowest BCUT2D eigenvalue weighted by molar-refractivity contribution is -0.197. The summed E-state index contributed by atoms with van der Waals surface area (Å²) in [6, 6.07) is 0. The minimum Gasteiger partial charge on any atom is -0.466 e. The van der Waals surface area contributed by atoms with Crippen LogP contribution in [0, 0.1) is 5.41 Å². The Morgan fingerprint density at radius 1 is 1.20 bits per heavy atom. The van der Waals surface area contributed by atoms with Crippen molar-refractivity contribution in [2.45, 2.75) is 38.4 Å². The molecule has 2 aliphatic rings. The molecule has 0 radical (unpaired) electrons. The average molecular weight is 327 g/mol. The Hall–Kier alpha value is -0.370. The summed E-state index contributed by atoms with van der Waals surface area (Å²) in [7, 11) is 1.56. The van der Waals surface area contributed by atoms with E-state index in [0.29, 0.717) is 38.9 Å². The van der Waals surface area contributed by atoms with Crippen LogP contribution in [0.25, 0.3) is 0 Å². The van der Waals surface area contributed by atoms with Crippen LogP contribution in [0.2, 0.25) is 0 Å². The molecule has 0 amide bonds. The molecule has 2 rings (SSSR count). The Balaban J connectivity index is 2.15. The molecule has 1 heterocycles. The van der Waals surface area contributed by atoms with Crippen molar-refractivity contribution in [3.8, 4) is 0 Å². The zero-order chi connectivity index (χ0) is 14.9. The van der Waals surface area contributed by atoms with Gasteiger partial charge in [0.1, 0.15) is 0 Å². The fourth-order valence-electron chi connectivity index (χ4n) is 2.92. The van der Waals surface area contributed by atoms with Crippen LogP contribution in [-0.2, 0) is 28.1 Å². The first-order valence-electron chi connectivity index (χ1n) is 6.68. The van der Waals surface area contributed by atoms with E-state index in [0.717, 1.165) is 0 Å². The zero-order valence-corrected chi connectivity index (χ0v) is 13.0. The fourth-order valence-corrected chi connectivity index (χ4v) is 4.61. The summed E-state index contributed by atoms with van der Waals surface area (Å²) in [5.74, 6) is -1.57. The van der Waals surface area contributed by atoms with Crippen LogP contribution in [0.1, 0.15) is 32.6 Å². The quantitative estimate of drug-likeness (QED) is 0.574. The molecule has 1 aliphatic heterocycles. The van der Waals surface area contributed by atoms with Gasteiger partial charge in [0.15, 0.2) is 5.79 Å². The van der Waals surface area contributed by atoms with Gasteiger partial charge in [-0.1, -0.05) is 0 Å². The number of halogens is 1. The van der Waals surface area contributed by atoms with E-state index < -0.39 is 32.0 Å². The summed E-state index contributed by atoms with van der Waals surface area (Å²) in [5.41, 5.74) is -1.09. The Bertz CT molecular complexity index is 458. The average Bonchev–Trinajstić information content (AvgIpc) is 2.80. The standard InChI is InChI=1S/C12H19ClO6S/c1-2-17-10(14)11(9-20(13,15)16)3-5-12(6-4-11)18-7-8-19-12/h2-9H2,1H3. The highest BCUT2D eigenvalue weighted by Gasteiger charge is 2.52. The number of carbonyl (C=O) groups excluding carboxylic acids is 1. The second-order valence-electron chi connectivity index (χ2n) is 5.29. The number of ether oxygens (including phenoxy) is 3. The van der Waals surface area contributed by atoms with Gasteiger partial charge in [-0.25, -0.2) is 8.42 Å². The molecular formula is C12H19ClO6S. The van der Waals surface area contributed by atoms with E-state index in [4.69, 9.17) is 24.9 Å². The van der Waals surface area contributed by atoms with Gasteiger partial charge in [-0.2, -0.15) is 0 Å². The van der Waals surface area contributed by atoms with Crippen LogP contribution in [0.4, 0.5) is 0 Å². The summed E-state index contributed by atoms with van der Waals surface area (Å²) in [6.45, 7) is 2.95. The van der Waals surface area contributed by atoms with Crippen LogP contribution in [0.3, 0.4) is 0 Å². The lowest BCUT2D eigenvalue weighted by Gasteiger charge is -2.41. The zero-order valence-electron chi connectivity index (χ0n) is 11.4. The fraction of sp³-hybridized carbons (Fsp3) is 0.917. The van der Waals surface area contributed by atoms with Crippen LogP contribution in [-0.4, -0.2) is 45.7 Å². The smallest absolute Gasteiger partial charge is 0.313 e. The first-order chi connectivity index (χ1) is 9.31. The highest BCUT2D eigenvalue weighted by atomic mass is 35.7. The van der Waals surface area contributed by atoms with E-state index in [1.807, 2.05) is 0 Å². The van der Waals surface area contributed by atoms with Gasteiger partial charge in [0.05, 0.1) is 31.0 Å². The summed E-state index contributed by atoms with van der Waals surface area (Å²) in [5, 5.41) is 0. The van der Waals surface area contributed by atoms with E-state index >= 15 is 0 Å². The molecule has 1 saturated heterocycles. The monoisotopic (exact) mass is 326 g/mol. The van der Waals surface area contributed by atoms with Crippen LogP contribution < -0.4 is 0 Å². The van der Waals surface area contributed by atoms with E-state index in [9.17, 15) is 13.2 Å². The molecular weight excluding hydrogens is 308 g/mol. The minimum atomic E-state index is -3.79. The molecule has 20 heavy (non-hydrogen) atoms. The van der Waals surface area contributed by atoms with Gasteiger partial charge in [0.25, 0.3) is 0 Å². The highest BCUT2D eigenvalue weighted by molar-refractivity contribution is 8.13. The van der Waals surface area contributed by atoms with E-state index in [1.165, 1.54) is 0 Å². The predicted molar refractivity (Wildman–Crippen MR) is 71.8 cm³/mol. The van der Waals surface area contributed by atoms with E-state index in [-0.39, 0.29) is 6.61 Å². The second kappa shape index (κ2) is 5.79. The minimum absolute atomic E-state index is 0.209. The van der Waals surface area contributed by atoms with Crippen LogP contribution >= 0.6 is 10.7 Å². The Morgan fingerprint density at radius 2 is 1.75 bits per heavy atom. The van der Waals surface area contributed by atoms with E-state index in [2.05, 4.69) is 0 Å². The summed E-state index contributed by atoms with van der Waals surface area (Å²) < 4.78 is 39.1. The topological polar surface area (TPSA) is 78.9 Å². The number of carbonyl (C=O) groups is 1. The maximum Gasteiger partial charge on any atom is 0.313 e. The van der Waals surface area contributed by atoms with Gasteiger partial charge in [-0.3, -0.25) is 4.79 Å². The Kier molecular flexibility index (Phi) is 4.63. The summed E-state index contributed by atoms with van der Waals surface area (Å²) in [4.78, 5) is 12.2. The van der Waals surface area contributed by atoms with Crippen molar-refractivity contribution in [1.82, 2.24) is 0 Å². The molecule has 1 saturated carbocycles. The molecule has 6 nitrogen and oxygen atoms in total. The molecule has 1 spiro atoms. The maximum atomic E-state index is 12.2. The molecule has 1 aliphatic carbocycles. The van der Waals surface area contributed by atoms with Crippen LogP contribution in [0.15, 0.2) is 0 Å². The number of rotatable bonds is 4. The van der Waals surface area contributed by atoms with Gasteiger partial charge < -0.3 is 14.2 Å². The van der Waals surface area contributed by atoms with Gasteiger partial charge in [-0.15, -0.1) is 0 Å². The molecule has 0 bridgehead atoms. The van der Waals surface area contributed by atoms with Crippen molar-refractivity contribution >= 4 is 25.7 Å². The van der Waals surface area contributed by atoms with Gasteiger partial charge >= 0.3 is 5.97 Å². The molecule has 8 heteroatoms. The summed E-state index contributed by atoms with van der Waals surface area (Å²) in [6.07, 6.45) is 1.60. The van der Waals surface area contributed by atoms with Crippen LogP contribution in [0.5, 0.6) is 0 Å². The first kappa shape index (κ1) is 16.0. The molecule has 0 aromatic carbocycles. The normalized spacial score (nSPS) is 24.7. The van der Waals surface area contributed by atoms with Crippen molar-refractivity contribution < 1.29 is 27.4 Å². The van der Waals surface area contributed by atoms with Crippen molar-refractivity contribution in [3.05, 3.63) is 0 Å². The Morgan fingerprint density at radius 3 is 2.20 bits per heavy atom. The lowest BCUT2D eigenvalue weighted by Crippen LogP contribution is -2.47. The molecule has 2 fully saturated rings. The molecule has 0 aromatic rings. The second-order valence-corrected chi connectivity index (χ2v) is 8.07. The SMILES string of the molecule is CCOC(=O)C1(CS(=O)(=O)Cl)CCC2(CC1)OCCO2. The Labute approximate surface area is 123 Å².